The lowest BCUT2D eigenvalue weighted by Crippen LogP contribution is -1.94. The molecule has 0 heterocycles. The Morgan fingerprint density at radius 1 is 0.950 bits per heavy atom. The van der Waals surface area contributed by atoms with Gasteiger partial charge in [0.15, 0.2) is 0 Å². The minimum Gasteiger partial charge on any atom is -0.0973 e. The molecule has 1 rings (SSSR count). The third-order valence-corrected chi connectivity index (χ3v) is 4.14. The lowest BCUT2D eigenvalue weighted by atomic mass is 10.1. The number of unbranched alkanes of at least 4 members (excludes halogenated alkanes) is 6. The summed E-state index contributed by atoms with van der Waals surface area (Å²) in [4.78, 5) is 0.363. The van der Waals surface area contributed by atoms with E-state index in [1.54, 1.807) is 0 Å². The molecular weight excluding hydrogens is 308 g/mol. The normalized spacial score (nSPS) is 11.7. The van der Waals surface area contributed by atoms with Gasteiger partial charge >= 0.3 is 0 Å². The topological polar surface area (TPSA) is 0 Å². The van der Waals surface area contributed by atoms with Crippen LogP contribution >= 0.6 is 15.9 Å². The first-order valence-electron chi connectivity index (χ1n) is 7.99. The molecule has 1 aromatic carbocycles. The number of hydrogen-bond donors (Lipinski definition) is 0. The molecule has 0 radical (unpaired) electrons. The number of halogens is 1. The highest BCUT2D eigenvalue weighted by atomic mass is 79.9. The second-order valence-corrected chi connectivity index (χ2v) is 6.47. The summed E-state index contributed by atoms with van der Waals surface area (Å²) in [6, 6.07) is 10.5. The first-order valence-corrected chi connectivity index (χ1v) is 8.91. The zero-order chi connectivity index (χ0) is 14.5. The number of hydrogen-bond acceptors (Lipinski definition) is 0. The molecule has 20 heavy (non-hydrogen) atoms. The van der Waals surface area contributed by atoms with E-state index >= 15 is 0 Å². The van der Waals surface area contributed by atoms with Gasteiger partial charge in [-0.2, -0.15) is 0 Å². The van der Waals surface area contributed by atoms with Crippen LogP contribution in [-0.4, -0.2) is 4.83 Å². The third kappa shape index (κ3) is 9.21. The Balaban J connectivity index is 2.04. The van der Waals surface area contributed by atoms with Gasteiger partial charge in [-0.3, -0.25) is 0 Å². The monoisotopic (exact) mass is 334 g/mol. The van der Waals surface area contributed by atoms with Crippen molar-refractivity contribution < 1.29 is 0 Å². The van der Waals surface area contributed by atoms with E-state index < -0.39 is 0 Å². The van der Waals surface area contributed by atoms with Crippen LogP contribution in [0.2, 0.25) is 0 Å². The van der Waals surface area contributed by atoms with E-state index in [1.165, 1.54) is 56.9 Å². The van der Waals surface area contributed by atoms with Gasteiger partial charge in [0.2, 0.25) is 0 Å². The highest BCUT2D eigenvalue weighted by Gasteiger charge is 1.99. The zero-order valence-corrected chi connectivity index (χ0v) is 14.3. The molecule has 0 saturated carbocycles. The molecule has 0 aliphatic rings. The maximum absolute atomic E-state index is 3.67. The van der Waals surface area contributed by atoms with Crippen LogP contribution in [0.5, 0.6) is 0 Å². The maximum atomic E-state index is 3.67. The first-order chi connectivity index (χ1) is 9.83. The Labute approximate surface area is 133 Å². The van der Waals surface area contributed by atoms with Crippen molar-refractivity contribution in [3.63, 3.8) is 0 Å². The van der Waals surface area contributed by atoms with Crippen LogP contribution < -0.4 is 0 Å². The van der Waals surface area contributed by atoms with Crippen LogP contribution in [0.25, 0.3) is 0 Å². The molecule has 0 spiro atoms. The number of alkyl halides is 1. The van der Waals surface area contributed by atoms with Gasteiger partial charge < -0.3 is 0 Å². The van der Waals surface area contributed by atoms with Crippen molar-refractivity contribution >= 4 is 15.9 Å². The predicted molar refractivity (Wildman–Crippen MR) is 93.2 cm³/mol. The molecule has 0 N–H and O–H groups in total. The summed E-state index contributed by atoms with van der Waals surface area (Å²) in [5.41, 5.74) is 1.30. The quantitative estimate of drug-likeness (QED) is 0.289. The molecule has 0 amide bonds. The fourth-order valence-electron chi connectivity index (χ4n) is 2.21. The van der Waals surface area contributed by atoms with E-state index in [0.717, 1.165) is 6.42 Å². The molecule has 1 aromatic rings. The summed E-state index contributed by atoms with van der Waals surface area (Å²) in [6.45, 7) is 2.27. The lowest BCUT2D eigenvalue weighted by molar-refractivity contribution is 0.581. The van der Waals surface area contributed by atoms with Crippen molar-refractivity contribution in [3.8, 4) is 11.8 Å². The van der Waals surface area contributed by atoms with Crippen LogP contribution in [0.3, 0.4) is 0 Å². The van der Waals surface area contributed by atoms with E-state index in [2.05, 4.69) is 59.0 Å². The molecule has 0 saturated heterocycles. The Kier molecular flexibility index (Phi) is 10.4. The molecule has 0 fully saturated rings. The average Bonchev–Trinajstić information content (AvgIpc) is 2.47. The van der Waals surface area contributed by atoms with E-state index in [0.29, 0.717) is 4.83 Å². The van der Waals surface area contributed by atoms with Gasteiger partial charge in [-0.05, 0) is 12.0 Å². The number of rotatable bonds is 9. The Morgan fingerprint density at radius 3 is 2.30 bits per heavy atom. The van der Waals surface area contributed by atoms with Crippen LogP contribution in [0.15, 0.2) is 30.3 Å². The van der Waals surface area contributed by atoms with E-state index in [9.17, 15) is 0 Å². The van der Waals surface area contributed by atoms with E-state index in [4.69, 9.17) is 0 Å². The third-order valence-electron chi connectivity index (χ3n) is 3.46. The molecule has 0 aliphatic heterocycles. The van der Waals surface area contributed by atoms with Crippen LogP contribution in [0.4, 0.5) is 0 Å². The molecule has 0 nitrogen and oxygen atoms in total. The first kappa shape index (κ1) is 17.3. The zero-order valence-electron chi connectivity index (χ0n) is 12.7. The van der Waals surface area contributed by atoms with Crippen LogP contribution in [0.1, 0.15) is 63.9 Å². The summed E-state index contributed by atoms with van der Waals surface area (Å²) in [7, 11) is 0. The van der Waals surface area contributed by atoms with Gasteiger partial charge in [0.1, 0.15) is 0 Å². The standard InChI is InChI=1S/C19H27Br/c1-2-3-4-5-6-7-11-16-19(20)17-12-15-18-13-9-8-10-14-18/h8-10,13-14,19H,2-7,11,15-16H2,1H3. The average molecular weight is 335 g/mol. The van der Waals surface area contributed by atoms with Gasteiger partial charge in [0.05, 0.1) is 4.83 Å². The van der Waals surface area contributed by atoms with Gasteiger partial charge in [-0.1, -0.05) is 110 Å². The summed E-state index contributed by atoms with van der Waals surface area (Å²) < 4.78 is 0. The Hall–Kier alpha value is -0.740. The second-order valence-electron chi connectivity index (χ2n) is 5.36. The highest BCUT2D eigenvalue weighted by Crippen LogP contribution is 2.13. The predicted octanol–water partition coefficient (Wildman–Crippen LogP) is 6.14. The SMILES string of the molecule is CCCCCCCCCC(Br)C#CCc1ccccc1. The van der Waals surface area contributed by atoms with Crippen molar-refractivity contribution in [2.75, 3.05) is 0 Å². The molecule has 110 valence electrons. The summed E-state index contributed by atoms with van der Waals surface area (Å²) in [5.74, 6) is 6.58. The van der Waals surface area contributed by atoms with Crippen molar-refractivity contribution in [1.29, 1.82) is 0 Å². The minimum atomic E-state index is 0.363. The fraction of sp³-hybridized carbons (Fsp3) is 0.579. The molecular formula is C19H27Br. The smallest absolute Gasteiger partial charge is 0.0754 e. The number of benzene rings is 1. The largest absolute Gasteiger partial charge is 0.0973 e. The van der Waals surface area contributed by atoms with E-state index in [-0.39, 0.29) is 0 Å². The summed E-state index contributed by atoms with van der Waals surface area (Å²) in [6.07, 6.45) is 11.6. The van der Waals surface area contributed by atoms with Crippen molar-refractivity contribution in [2.45, 2.75) is 69.5 Å². The highest BCUT2D eigenvalue weighted by molar-refractivity contribution is 9.09. The minimum absolute atomic E-state index is 0.363. The van der Waals surface area contributed by atoms with Crippen LogP contribution in [0, 0.1) is 11.8 Å². The lowest BCUT2D eigenvalue weighted by Gasteiger charge is -2.03. The van der Waals surface area contributed by atoms with Crippen LogP contribution in [-0.2, 0) is 6.42 Å². The second kappa shape index (κ2) is 12.0. The molecule has 1 unspecified atom stereocenters. The summed E-state index contributed by atoms with van der Waals surface area (Å²) >= 11 is 3.67. The molecule has 0 aliphatic carbocycles. The van der Waals surface area contributed by atoms with Crippen molar-refractivity contribution in [1.82, 2.24) is 0 Å². The molecule has 0 bridgehead atoms. The summed E-state index contributed by atoms with van der Waals surface area (Å²) in [5, 5.41) is 0. The van der Waals surface area contributed by atoms with Gasteiger partial charge in [-0.15, -0.1) is 0 Å². The Bertz CT molecular complexity index is 385. The molecule has 1 heteroatoms. The van der Waals surface area contributed by atoms with Crippen molar-refractivity contribution in [3.05, 3.63) is 35.9 Å². The van der Waals surface area contributed by atoms with E-state index in [1.807, 2.05) is 6.07 Å². The maximum Gasteiger partial charge on any atom is 0.0754 e. The Morgan fingerprint density at radius 2 is 1.60 bits per heavy atom. The van der Waals surface area contributed by atoms with Gasteiger partial charge in [0.25, 0.3) is 0 Å². The molecule has 1 atom stereocenters. The molecule has 0 aromatic heterocycles. The fourth-order valence-corrected chi connectivity index (χ4v) is 2.70. The van der Waals surface area contributed by atoms with Crippen molar-refractivity contribution in [2.24, 2.45) is 0 Å². The van der Waals surface area contributed by atoms with Gasteiger partial charge in [-0.25, -0.2) is 0 Å². The van der Waals surface area contributed by atoms with Gasteiger partial charge in [0, 0.05) is 6.42 Å².